The van der Waals surface area contributed by atoms with E-state index in [2.05, 4.69) is 0 Å². The fraction of sp³-hybridized carbons (Fsp3) is 0.174. The number of nitrogens with zero attached hydrogens (tertiary/aromatic N) is 1. The highest BCUT2D eigenvalue weighted by atomic mass is 32.2. The SMILES string of the molecule is CSc1ccc(/C=C2\C=C(CC(=O)ON3C(=O)CCC3=O)c3cc(F)ccc32)cc1. The van der Waals surface area contributed by atoms with Gasteiger partial charge in [0, 0.05) is 17.7 Å². The molecule has 1 saturated heterocycles. The van der Waals surface area contributed by atoms with Gasteiger partial charge < -0.3 is 4.84 Å². The number of amides is 2. The lowest BCUT2D eigenvalue weighted by molar-refractivity contribution is -0.196. The first-order chi connectivity index (χ1) is 14.4. The Morgan fingerprint density at radius 1 is 1.10 bits per heavy atom. The molecule has 5 nitrogen and oxygen atoms in total. The van der Waals surface area contributed by atoms with E-state index in [1.54, 1.807) is 17.8 Å². The van der Waals surface area contributed by atoms with Gasteiger partial charge in [-0.2, -0.15) is 0 Å². The highest BCUT2D eigenvalue weighted by Crippen LogP contribution is 2.39. The van der Waals surface area contributed by atoms with Crippen LogP contribution in [0.4, 0.5) is 4.39 Å². The Morgan fingerprint density at radius 3 is 2.47 bits per heavy atom. The van der Waals surface area contributed by atoms with Crippen molar-refractivity contribution in [3.05, 3.63) is 71.0 Å². The number of carbonyl (C=O) groups excluding carboxylic acids is 3. The Labute approximate surface area is 177 Å². The molecule has 0 atom stereocenters. The summed E-state index contributed by atoms with van der Waals surface area (Å²) in [6, 6.07) is 12.4. The minimum absolute atomic E-state index is 0.0328. The van der Waals surface area contributed by atoms with Gasteiger partial charge in [-0.05, 0) is 70.5 Å². The normalized spacial score (nSPS) is 16.8. The number of hydrogen-bond acceptors (Lipinski definition) is 5. The number of thioether (sulfide) groups is 1. The quantitative estimate of drug-likeness (QED) is 0.524. The number of hydroxylamine groups is 2. The molecule has 1 aliphatic heterocycles. The van der Waals surface area contributed by atoms with Crippen molar-refractivity contribution in [2.45, 2.75) is 24.2 Å². The Morgan fingerprint density at radius 2 is 1.80 bits per heavy atom. The zero-order chi connectivity index (χ0) is 21.3. The summed E-state index contributed by atoms with van der Waals surface area (Å²) >= 11 is 1.65. The maximum Gasteiger partial charge on any atom is 0.337 e. The number of allylic oxidation sites excluding steroid dienone is 2. The van der Waals surface area contributed by atoms with Crippen molar-refractivity contribution in [1.82, 2.24) is 5.06 Å². The molecule has 1 aliphatic carbocycles. The lowest BCUT2D eigenvalue weighted by atomic mass is 10.0. The number of hydrogen-bond donors (Lipinski definition) is 0. The molecule has 0 radical (unpaired) electrons. The van der Waals surface area contributed by atoms with Gasteiger partial charge in [0.2, 0.25) is 0 Å². The van der Waals surface area contributed by atoms with Crippen LogP contribution in [-0.4, -0.2) is 29.1 Å². The van der Waals surface area contributed by atoms with E-state index >= 15 is 0 Å². The maximum absolute atomic E-state index is 13.9. The number of carbonyl (C=O) groups is 3. The minimum Gasteiger partial charge on any atom is -0.330 e. The van der Waals surface area contributed by atoms with Crippen molar-refractivity contribution in [2.75, 3.05) is 6.26 Å². The van der Waals surface area contributed by atoms with E-state index in [0.29, 0.717) is 16.2 Å². The van der Waals surface area contributed by atoms with Crippen molar-refractivity contribution < 1.29 is 23.6 Å². The average molecular weight is 423 g/mol. The van der Waals surface area contributed by atoms with Gasteiger partial charge in [0.15, 0.2) is 0 Å². The summed E-state index contributed by atoms with van der Waals surface area (Å²) in [6.07, 6.45) is 5.66. The lowest BCUT2D eigenvalue weighted by Crippen LogP contribution is -2.32. The van der Waals surface area contributed by atoms with E-state index < -0.39 is 23.6 Å². The molecule has 0 N–H and O–H groups in total. The topological polar surface area (TPSA) is 63.7 Å². The summed E-state index contributed by atoms with van der Waals surface area (Å²) in [6.45, 7) is 0. The van der Waals surface area contributed by atoms with Crippen LogP contribution in [0.25, 0.3) is 17.2 Å². The van der Waals surface area contributed by atoms with Crippen LogP contribution in [0.1, 0.15) is 36.0 Å². The zero-order valence-electron chi connectivity index (χ0n) is 16.2. The monoisotopic (exact) mass is 423 g/mol. The number of fused-ring (bicyclic) bond motifs is 1. The molecule has 0 unspecified atom stereocenters. The second kappa shape index (κ2) is 8.28. The molecule has 152 valence electrons. The van der Waals surface area contributed by atoms with Gasteiger partial charge in [-0.25, -0.2) is 9.18 Å². The van der Waals surface area contributed by atoms with E-state index in [1.807, 2.05) is 42.7 Å². The van der Waals surface area contributed by atoms with Crippen LogP contribution in [0.2, 0.25) is 0 Å². The molecule has 0 saturated carbocycles. The van der Waals surface area contributed by atoms with E-state index in [4.69, 9.17) is 4.84 Å². The van der Waals surface area contributed by atoms with Crippen molar-refractivity contribution in [3.8, 4) is 0 Å². The third-order valence-electron chi connectivity index (χ3n) is 4.94. The van der Waals surface area contributed by atoms with Crippen molar-refractivity contribution in [1.29, 1.82) is 0 Å². The molecule has 2 aromatic rings. The van der Waals surface area contributed by atoms with Gasteiger partial charge in [0.1, 0.15) is 5.82 Å². The summed E-state index contributed by atoms with van der Waals surface area (Å²) in [5, 5.41) is 0.522. The zero-order valence-corrected chi connectivity index (χ0v) is 17.0. The van der Waals surface area contributed by atoms with E-state index in [1.165, 1.54) is 12.1 Å². The fourth-order valence-corrected chi connectivity index (χ4v) is 3.88. The third-order valence-corrected chi connectivity index (χ3v) is 5.68. The molecule has 7 heteroatoms. The molecule has 30 heavy (non-hydrogen) atoms. The van der Waals surface area contributed by atoms with E-state index in [0.717, 1.165) is 21.6 Å². The highest BCUT2D eigenvalue weighted by molar-refractivity contribution is 7.98. The second-order valence-electron chi connectivity index (χ2n) is 6.95. The van der Waals surface area contributed by atoms with Crippen molar-refractivity contribution in [3.63, 3.8) is 0 Å². The minimum atomic E-state index is -0.745. The van der Waals surface area contributed by atoms with Crippen LogP contribution in [0.5, 0.6) is 0 Å². The van der Waals surface area contributed by atoms with E-state index in [-0.39, 0.29) is 19.3 Å². The molecule has 2 aliphatic rings. The van der Waals surface area contributed by atoms with Crippen LogP contribution in [-0.2, 0) is 19.2 Å². The van der Waals surface area contributed by atoms with Crippen LogP contribution in [0, 0.1) is 5.82 Å². The third kappa shape index (κ3) is 4.07. The Bertz CT molecular complexity index is 1090. The number of halogens is 1. The molecule has 0 spiro atoms. The summed E-state index contributed by atoms with van der Waals surface area (Å²) in [5.41, 5.74) is 3.80. The molecule has 1 fully saturated rings. The fourth-order valence-electron chi connectivity index (χ4n) is 3.47. The first kappa shape index (κ1) is 20.1. The van der Waals surface area contributed by atoms with Crippen LogP contribution < -0.4 is 0 Å². The van der Waals surface area contributed by atoms with Gasteiger partial charge >= 0.3 is 5.97 Å². The summed E-state index contributed by atoms with van der Waals surface area (Å²) in [5.74, 6) is -2.22. The van der Waals surface area contributed by atoms with Gasteiger partial charge in [-0.1, -0.05) is 18.2 Å². The molecule has 0 aromatic heterocycles. The molecule has 2 aromatic carbocycles. The van der Waals surface area contributed by atoms with Gasteiger partial charge in [0.25, 0.3) is 11.8 Å². The molecular weight excluding hydrogens is 405 g/mol. The Hall–Kier alpha value is -3.19. The average Bonchev–Trinajstić information content (AvgIpc) is 3.22. The molecule has 2 amide bonds. The van der Waals surface area contributed by atoms with Gasteiger partial charge in [-0.15, -0.1) is 16.8 Å². The summed E-state index contributed by atoms with van der Waals surface area (Å²) < 4.78 is 13.9. The highest BCUT2D eigenvalue weighted by Gasteiger charge is 2.33. The second-order valence-corrected chi connectivity index (χ2v) is 7.83. The van der Waals surface area contributed by atoms with Crippen molar-refractivity contribution in [2.24, 2.45) is 0 Å². The van der Waals surface area contributed by atoms with Crippen LogP contribution in [0.15, 0.2) is 53.4 Å². The smallest absolute Gasteiger partial charge is 0.330 e. The van der Waals surface area contributed by atoms with E-state index in [9.17, 15) is 18.8 Å². The molecule has 0 bridgehead atoms. The van der Waals surface area contributed by atoms with Crippen LogP contribution >= 0.6 is 11.8 Å². The molecular formula is C23H18FNO4S. The van der Waals surface area contributed by atoms with Gasteiger partial charge in [-0.3, -0.25) is 9.59 Å². The Kier molecular flexibility index (Phi) is 5.55. The number of rotatable bonds is 5. The predicted octanol–water partition coefficient (Wildman–Crippen LogP) is 4.48. The largest absolute Gasteiger partial charge is 0.337 e. The van der Waals surface area contributed by atoms with Gasteiger partial charge in [0.05, 0.1) is 6.42 Å². The Balaban J connectivity index is 1.60. The molecule has 1 heterocycles. The summed E-state index contributed by atoms with van der Waals surface area (Å²) in [4.78, 5) is 41.8. The number of imide groups is 1. The summed E-state index contributed by atoms with van der Waals surface area (Å²) in [7, 11) is 0. The first-order valence-electron chi connectivity index (χ1n) is 9.38. The lowest BCUT2D eigenvalue weighted by Gasteiger charge is -2.13. The predicted molar refractivity (Wildman–Crippen MR) is 112 cm³/mol. The van der Waals surface area contributed by atoms with Crippen molar-refractivity contribution >= 4 is 46.8 Å². The standard InChI is InChI=1S/C23H18FNO4S/c1-30-18-5-2-14(3-6-18)10-15-11-16(20-13-17(24)4-7-19(15)20)12-23(28)29-25-21(26)8-9-22(25)27/h2-7,10-11,13H,8-9,12H2,1H3/b15-10+. The maximum atomic E-state index is 13.9. The van der Waals surface area contributed by atoms with Crippen LogP contribution in [0.3, 0.4) is 0 Å². The first-order valence-corrected chi connectivity index (χ1v) is 10.6. The number of benzene rings is 2. The molecule has 4 rings (SSSR count).